The summed E-state index contributed by atoms with van der Waals surface area (Å²) in [7, 11) is 0. The van der Waals surface area contributed by atoms with Gasteiger partial charge in [0.15, 0.2) is 0 Å². The van der Waals surface area contributed by atoms with E-state index >= 15 is 0 Å². The third-order valence-electron chi connectivity index (χ3n) is 8.64. The molecule has 0 aliphatic heterocycles. The Hall–Kier alpha value is -4.98. The zero-order valence-corrected chi connectivity index (χ0v) is 23.1. The quantitative estimate of drug-likeness (QED) is 0.197. The Balaban J connectivity index is 1.42. The molecule has 0 unspecified atom stereocenters. The third-order valence-corrected chi connectivity index (χ3v) is 9.86. The van der Waals surface area contributed by atoms with Gasteiger partial charge in [-0.1, -0.05) is 133 Å². The van der Waals surface area contributed by atoms with Crippen molar-refractivity contribution in [2.45, 2.75) is 0 Å². The van der Waals surface area contributed by atoms with E-state index in [0.717, 1.165) is 0 Å². The lowest BCUT2D eigenvalue weighted by molar-refractivity contribution is 1.62. The fourth-order valence-electron chi connectivity index (χ4n) is 6.82. The number of benzene rings is 8. The molecule has 0 N–H and O–H groups in total. The maximum atomic E-state index is 2.43. The van der Waals surface area contributed by atoms with Crippen LogP contribution in [0, 0.1) is 0 Å². The van der Waals surface area contributed by atoms with Crippen LogP contribution in [0.2, 0.25) is 0 Å². The van der Waals surface area contributed by atoms with Gasteiger partial charge in [-0.05, 0) is 72.3 Å². The van der Waals surface area contributed by atoms with Crippen LogP contribution in [0.25, 0.3) is 85.9 Å². The van der Waals surface area contributed by atoms with Gasteiger partial charge in [0.05, 0.1) is 0 Å². The van der Waals surface area contributed by atoms with Gasteiger partial charge in [0.25, 0.3) is 0 Å². The molecule has 8 aromatic carbocycles. The maximum Gasteiger partial charge on any atom is 0.0434 e. The van der Waals surface area contributed by atoms with E-state index in [1.807, 2.05) is 11.3 Å². The molecule has 0 saturated carbocycles. The summed E-state index contributed by atoms with van der Waals surface area (Å²) < 4.78 is 2.68. The molecular weight excluding hydrogens is 513 g/mol. The largest absolute Gasteiger partial charge is 0.135 e. The Labute approximate surface area is 242 Å². The second-order valence-corrected chi connectivity index (χ2v) is 11.9. The molecule has 0 spiro atoms. The predicted octanol–water partition coefficient (Wildman–Crippen LogP) is 12.0. The molecule has 9 aromatic rings. The summed E-state index contributed by atoms with van der Waals surface area (Å²) in [6.45, 7) is 0. The molecule has 0 atom stereocenters. The smallest absolute Gasteiger partial charge is 0.0434 e. The van der Waals surface area contributed by atoms with Crippen LogP contribution < -0.4 is 0 Å². The van der Waals surface area contributed by atoms with Gasteiger partial charge in [-0.3, -0.25) is 0 Å². The third kappa shape index (κ3) is 3.33. The molecule has 0 bridgehead atoms. The minimum atomic E-state index is 1.25. The lowest BCUT2D eigenvalue weighted by Gasteiger charge is -2.19. The summed E-state index contributed by atoms with van der Waals surface area (Å²) >= 11 is 1.90. The van der Waals surface area contributed by atoms with Gasteiger partial charge in [0.1, 0.15) is 0 Å². The summed E-state index contributed by atoms with van der Waals surface area (Å²) in [5.74, 6) is 0. The number of thiophene rings is 1. The molecule has 0 fully saturated rings. The Kier molecular flexibility index (Phi) is 4.87. The number of fused-ring (bicyclic) bond motifs is 3. The number of hydrogen-bond donors (Lipinski definition) is 0. The fourth-order valence-corrected chi connectivity index (χ4v) is 8.05. The van der Waals surface area contributed by atoms with Gasteiger partial charge in [-0.25, -0.2) is 0 Å². The van der Waals surface area contributed by atoms with Crippen molar-refractivity contribution in [3.05, 3.63) is 146 Å². The molecule has 1 heteroatoms. The zero-order valence-electron chi connectivity index (χ0n) is 22.3. The summed E-state index contributed by atoms with van der Waals surface area (Å²) in [5, 5.41) is 10.6. The average Bonchev–Trinajstić information content (AvgIpc) is 3.43. The lowest BCUT2D eigenvalue weighted by Crippen LogP contribution is -1.92. The van der Waals surface area contributed by atoms with Crippen LogP contribution in [0.15, 0.2) is 146 Å². The van der Waals surface area contributed by atoms with Crippen molar-refractivity contribution in [3.63, 3.8) is 0 Å². The second kappa shape index (κ2) is 8.76. The van der Waals surface area contributed by atoms with Crippen molar-refractivity contribution < 1.29 is 0 Å². The van der Waals surface area contributed by atoms with Gasteiger partial charge in [0.2, 0.25) is 0 Å². The Morgan fingerprint density at radius 1 is 0.341 bits per heavy atom. The van der Waals surface area contributed by atoms with Crippen molar-refractivity contribution in [2.75, 3.05) is 0 Å². The molecule has 0 aliphatic rings. The first-order chi connectivity index (χ1) is 20.3. The molecule has 1 aromatic heterocycles. The molecule has 0 aliphatic carbocycles. The van der Waals surface area contributed by atoms with Gasteiger partial charge >= 0.3 is 0 Å². The summed E-state index contributed by atoms with van der Waals surface area (Å²) in [5.41, 5.74) is 7.65. The van der Waals surface area contributed by atoms with Crippen LogP contribution >= 0.6 is 11.3 Å². The summed E-state index contributed by atoms with van der Waals surface area (Å²) in [4.78, 5) is 0. The van der Waals surface area contributed by atoms with E-state index < -0.39 is 0 Å². The van der Waals surface area contributed by atoms with Gasteiger partial charge in [-0.15, -0.1) is 11.3 Å². The molecule has 41 heavy (non-hydrogen) atoms. The Morgan fingerprint density at radius 3 is 1.76 bits per heavy atom. The first-order valence-corrected chi connectivity index (χ1v) is 14.9. The Bertz CT molecular complexity index is 2390. The predicted molar refractivity (Wildman–Crippen MR) is 179 cm³/mol. The maximum absolute atomic E-state index is 2.43. The monoisotopic (exact) mass is 536 g/mol. The summed E-state index contributed by atoms with van der Waals surface area (Å²) in [6, 6.07) is 53.7. The van der Waals surface area contributed by atoms with E-state index in [-0.39, 0.29) is 0 Å². The van der Waals surface area contributed by atoms with Crippen LogP contribution in [-0.4, -0.2) is 0 Å². The topological polar surface area (TPSA) is 0 Å². The van der Waals surface area contributed by atoms with Crippen molar-refractivity contribution in [1.29, 1.82) is 0 Å². The molecule has 0 radical (unpaired) electrons. The van der Waals surface area contributed by atoms with Crippen molar-refractivity contribution >= 4 is 63.8 Å². The first-order valence-electron chi connectivity index (χ1n) is 14.1. The average molecular weight is 537 g/mol. The van der Waals surface area contributed by atoms with Gasteiger partial charge in [-0.2, -0.15) is 0 Å². The van der Waals surface area contributed by atoms with Crippen molar-refractivity contribution in [2.24, 2.45) is 0 Å². The van der Waals surface area contributed by atoms with Crippen molar-refractivity contribution in [1.82, 2.24) is 0 Å². The van der Waals surface area contributed by atoms with Gasteiger partial charge in [0, 0.05) is 25.7 Å². The highest BCUT2D eigenvalue weighted by atomic mass is 32.1. The molecule has 0 saturated heterocycles. The van der Waals surface area contributed by atoms with Crippen LogP contribution in [-0.2, 0) is 0 Å². The van der Waals surface area contributed by atoms with E-state index in [1.165, 1.54) is 85.9 Å². The highest BCUT2D eigenvalue weighted by molar-refractivity contribution is 7.26. The van der Waals surface area contributed by atoms with Gasteiger partial charge < -0.3 is 0 Å². The molecule has 190 valence electrons. The highest BCUT2D eigenvalue weighted by Gasteiger charge is 2.19. The minimum absolute atomic E-state index is 1.25. The van der Waals surface area contributed by atoms with E-state index in [4.69, 9.17) is 0 Å². The lowest BCUT2D eigenvalue weighted by atomic mass is 9.84. The summed E-state index contributed by atoms with van der Waals surface area (Å²) in [6.07, 6.45) is 0. The Morgan fingerprint density at radius 2 is 0.951 bits per heavy atom. The van der Waals surface area contributed by atoms with E-state index in [0.29, 0.717) is 0 Å². The van der Waals surface area contributed by atoms with E-state index in [9.17, 15) is 0 Å². The second-order valence-electron chi connectivity index (χ2n) is 10.8. The molecule has 0 nitrogen and oxygen atoms in total. The fraction of sp³-hybridized carbons (Fsp3) is 0. The SMILES string of the molecule is c1ccc(-c2cc(-c3ccccc3-c3cccc4c3sc3ccccc34)c3ccc4cccc5ccc2c3c54)cc1. The minimum Gasteiger partial charge on any atom is -0.135 e. The first kappa shape index (κ1) is 22.8. The molecule has 9 rings (SSSR count). The number of hydrogen-bond acceptors (Lipinski definition) is 1. The van der Waals surface area contributed by atoms with Crippen molar-refractivity contribution in [3.8, 4) is 33.4 Å². The van der Waals surface area contributed by atoms with Crippen LogP contribution in [0.5, 0.6) is 0 Å². The molecule has 1 heterocycles. The van der Waals surface area contributed by atoms with E-state index in [2.05, 4.69) is 146 Å². The highest BCUT2D eigenvalue weighted by Crippen LogP contribution is 2.47. The van der Waals surface area contributed by atoms with Crippen LogP contribution in [0.4, 0.5) is 0 Å². The molecular formula is C40H24S. The standard InChI is InChI=1S/C40H24S/c1-2-10-25(11-3-1)35-24-36(32-23-21-27-13-8-12-26-20-22-31(35)39(32)38(26)27)29-15-5-4-14-28(29)33-17-9-18-34-30-16-6-7-19-37(30)41-40(33)34/h1-24H. The number of rotatable bonds is 3. The van der Waals surface area contributed by atoms with Crippen LogP contribution in [0.1, 0.15) is 0 Å². The van der Waals surface area contributed by atoms with Crippen LogP contribution in [0.3, 0.4) is 0 Å². The zero-order chi connectivity index (χ0) is 26.9. The normalized spacial score (nSPS) is 11.9. The van der Waals surface area contributed by atoms with E-state index in [1.54, 1.807) is 0 Å². The molecule has 0 amide bonds.